The highest BCUT2D eigenvalue weighted by Gasteiger charge is 2.08. The van der Waals surface area contributed by atoms with Crippen molar-refractivity contribution in [3.05, 3.63) is 59.5 Å². The molecule has 1 heterocycles. The number of carbonyl (C=O) groups is 2. The standard InChI is InChI=1S/C18H23N3O3/c1-13(7-8-16-6-3-11-24-16)21-18(23)20-10-9-14-4-2-5-15(12-14)17(19)22/h2-6,11-13H,7-10H2,1H3,(H2,19,22)(H2,20,21,23)/t13-/m1/s1. The minimum Gasteiger partial charge on any atom is -0.469 e. The van der Waals surface area contributed by atoms with Crippen molar-refractivity contribution in [3.63, 3.8) is 0 Å². The number of aryl methyl sites for hydroxylation is 1. The van der Waals surface area contributed by atoms with E-state index in [1.165, 1.54) is 0 Å². The summed E-state index contributed by atoms with van der Waals surface area (Å²) in [5.74, 6) is 0.464. The minimum atomic E-state index is -0.451. The Hall–Kier alpha value is -2.76. The van der Waals surface area contributed by atoms with Gasteiger partial charge < -0.3 is 20.8 Å². The number of furan rings is 1. The summed E-state index contributed by atoms with van der Waals surface area (Å²) in [5.41, 5.74) is 6.68. The second-order valence-corrected chi connectivity index (χ2v) is 5.73. The van der Waals surface area contributed by atoms with Gasteiger partial charge in [-0.1, -0.05) is 12.1 Å². The average molecular weight is 329 g/mol. The molecule has 3 amide bonds. The van der Waals surface area contributed by atoms with E-state index < -0.39 is 5.91 Å². The molecule has 1 aromatic carbocycles. The lowest BCUT2D eigenvalue weighted by atomic mass is 10.1. The van der Waals surface area contributed by atoms with Gasteiger partial charge >= 0.3 is 6.03 Å². The van der Waals surface area contributed by atoms with Crippen LogP contribution in [0.25, 0.3) is 0 Å². The number of nitrogens with two attached hydrogens (primary N) is 1. The van der Waals surface area contributed by atoms with Crippen LogP contribution < -0.4 is 16.4 Å². The number of nitrogens with one attached hydrogen (secondary N) is 2. The van der Waals surface area contributed by atoms with Gasteiger partial charge in [0.05, 0.1) is 6.26 Å². The van der Waals surface area contributed by atoms with Crippen molar-refractivity contribution in [2.24, 2.45) is 5.73 Å². The van der Waals surface area contributed by atoms with Crippen LogP contribution in [0.3, 0.4) is 0 Å². The number of hydrogen-bond acceptors (Lipinski definition) is 3. The summed E-state index contributed by atoms with van der Waals surface area (Å²) >= 11 is 0. The van der Waals surface area contributed by atoms with Crippen LogP contribution >= 0.6 is 0 Å². The van der Waals surface area contributed by atoms with Gasteiger partial charge in [0, 0.05) is 24.6 Å². The molecule has 0 aliphatic rings. The van der Waals surface area contributed by atoms with Gasteiger partial charge in [0.15, 0.2) is 0 Å². The summed E-state index contributed by atoms with van der Waals surface area (Å²) in [7, 11) is 0. The Bertz CT molecular complexity index is 668. The van der Waals surface area contributed by atoms with Gasteiger partial charge in [-0.05, 0) is 49.6 Å². The Labute approximate surface area is 141 Å². The zero-order chi connectivity index (χ0) is 17.4. The number of carbonyl (C=O) groups excluding carboxylic acids is 2. The number of primary amides is 1. The van der Waals surface area contributed by atoms with Crippen LogP contribution in [0.2, 0.25) is 0 Å². The van der Waals surface area contributed by atoms with Crippen LogP contribution in [-0.4, -0.2) is 24.5 Å². The molecule has 0 aliphatic heterocycles. The fourth-order valence-electron chi connectivity index (χ4n) is 2.36. The zero-order valence-corrected chi connectivity index (χ0v) is 13.7. The predicted molar refractivity (Wildman–Crippen MR) is 91.7 cm³/mol. The van der Waals surface area contributed by atoms with E-state index in [2.05, 4.69) is 10.6 Å². The van der Waals surface area contributed by atoms with Crippen LogP contribution in [-0.2, 0) is 12.8 Å². The molecule has 128 valence electrons. The van der Waals surface area contributed by atoms with Crippen molar-refractivity contribution in [2.75, 3.05) is 6.54 Å². The molecule has 6 heteroatoms. The van der Waals surface area contributed by atoms with E-state index in [1.807, 2.05) is 25.1 Å². The van der Waals surface area contributed by atoms with Gasteiger partial charge in [0.2, 0.25) is 5.91 Å². The van der Waals surface area contributed by atoms with Crippen LogP contribution in [0.15, 0.2) is 47.1 Å². The average Bonchev–Trinajstić information content (AvgIpc) is 3.06. The summed E-state index contributed by atoms with van der Waals surface area (Å²) in [6.45, 7) is 2.44. The molecular weight excluding hydrogens is 306 g/mol. The molecule has 2 aromatic rings. The van der Waals surface area contributed by atoms with E-state index in [4.69, 9.17) is 10.2 Å². The van der Waals surface area contributed by atoms with Gasteiger partial charge in [-0.2, -0.15) is 0 Å². The lowest BCUT2D eigenvalue weighted by Crippen LogP contribution is -2.41. The second kappa shape index (κ2) is 8.76. The summed E-state index contributed by atoms with van der Waals surface area (Å²) in [4.78, 5) is 23.0. The Kier molecular flexibility index (Phi) is 6.42. The van der Waals surface area contributed by atoms with Crippen LogP contribution in [0.4, 0.5) is 4.79 Å². The summed E-state index contributed by atoms with van der Waals surface area (Å²) < 4.78 is 5.27. The number of amides is 3. The number of hydrogen-bond donors (Lipinski definition) is 3. The molecule has 0 unspecified atom stereocenters. The maximum absolute atomic E-state index is 11.9. The zero-order valence-electron chi connectivity index (χ0n) is 13.7. The van der Waals surface area contributed by atoms with Crippen molar-refractivity contribution < 1.29 is 14.0 Å². The van der Waals surface area contributed by atoms with Gasteiger partial charge in [-0.25, -0.2) is 4.79 Å². The number of urea groups is 1. The van der Waals surface area contributed by atoms with Gasteiger partial charge in [0.1, 0.15) is 5.76 Å². The monoisotopic (exact) mass is 329 g/mol. The van der Waals surface area contributed by atoms with Crippen molar-refractivity contribution in [2.45, 2.75) is 32.2 Å². The molecule has 1 atom stereocenters. The maximum Gasteiger partial charge on any atom is 0.315 e. The third-order valence-corrected chi connectivity index (χ3v) is 3.69. The minimum absolute atomic E-state index is 0.0493. The molecular formula is C18H23N3O3. The highest BCUT2D eigenvalue weighted by molar-refractivity contribution is 5.92. The van der Waals surface area contributed by atoms with E-state index >= 15 is 0 Å². The second-order valence-electron chi connectivity index (χ2n) is 5.73. The molecule has 2 rings (SSSR count). The number of benzene rings is 1. The fourth-order valence-corrected chi connectivity index (χ4v) is 2.36. The van der Waals surface area contributed by atoms with Crippen LogP contribution in [0.1, 0.15) is 35.0 Å². The summed E-state index contributed by atoms with van der Waals surface area (Å²) in [6, 6.07) is 10.7. The highest BCUT2D eigenvalue weighted by Crippen LogP contribution is 2.06. The molecule has 0 saturated heterocycles. The lowest BCUT2D eigenvalue weighted by molar-refractivity contribution is 0.1000. The number of rotatable bonds is 8. The highest BCUT2D eigenvalue weighted by atomic mass is 16.3. The molecule has 6 nitrogen and oxygen atoms in total. The van der Waals surface area contributed by atoms with Crippen LogP contribution in [0.5, 0.6) is 0 Å². The van der Waals surface area contributed by atoms with Gasteiger partial charge in [0.25, 0.3) is 0 Å². The first kappa shape index (κ1) is 17.6. The first-order chi connectivity index (χ1) is 11.5. The van der Waals surface area contributed by atoms with E-state index in [1.54, 1.807) is 24.5 Å². The fraction of sp³-hybridized carbons (Fsp3) is 0.333. The van der Waals surface area contributed by atoms with E-state index in [9.17, 15) is 9.59 Å². The largest absolute Gasteiger partial charge is 0.469 e. The molecule has 0 radical (unpaired) electrons. The summed E-state index contributed by atoms with van der Waals surface area (Å²) in [5, 5.41) is 5.71. The van der Waals surface area contributed by atoms with E-state index in [0.29, 0.717) is 18.5 Å². The molecule has 0 spiro atoms. The lowest BCUT2D eigenvalue weighted by Gasteiger charge is -2.14. The molecule has 0 aliphatic carbocycles. The van der Waals surface area contributed by atoms with Crippen LogP contribution in [0, 0.1) is 0 Å². The molecule has 0 fully saturated rings. The first-order valence-corrected chi connectivity index (χ1v) is 8.00. The van der Waals surface area contributed by atoms with Gasteiger partial charge in [-0.15, -0.1) is 0 Å². The van der Waals surface area contributed by atoms with Crippen molar-refractivity contribution in [3.8, 4) is 0 Å². The summed E-state index contributed by atoms with van der Waals surface area (Å²) in [6.07, 6.45) is 3.87. The molecule has 4 N–H and O–H groups in total. The maximum atomic E-state index is 11.9. The molecule has 0 saturated carbocycles. The quantitative estimate of drug-likeness (QED) is 0.693. The van der Waals surface area contributed by atoms with Gasteiger partial charge in [-0.3, -0.25) is 4.79 Å². The molecule has 1 aromatic heterocycles. The van der Waals surface area contributed by atoms with Crippen molar-refractivity contribution in [1.29, 1.82) is 0 Å². The first-order valence-electron chi connectivity index (χ1n) is 8.00. The third kappa shape index (κ3) is 5.79. The Balaban J connectivity index is 1.67. The third-order valence-electron chi connectivity index (χ3n) is 3.69. The molecule has 0 bridgehead atoms. The normalized spacial score (nSPS) is 11.7. The van der Waals surface area contributed by atoms with Crippen molar-refractivity contribution >= 4 is 11.9 Å². The van der Waals surface area contributed by atoms with E-state index in [-0.39, 0.29) is 12.1 Å². The Morgan fingerprint density at radius 1 is 1.21 bits per heavy atom. The van der Waals surface area contributed by atoms with E-state index in [0.717, 1.165) is 24.2 Å². The Morgan fingerprint density at radius 3 is 2.75 bits per heavy atom. The predicted octanol–water partition coefficient (Wildman–Crippen LogP) is 2.24. The smallest absolute Gasteiger partial charge is 0.315 e. The SMILES string of the molecule is C[C@H](CCc1ccco1)NC(=O)NCCc1cccc(C(N)=O)c1. The van der Waals surface area contributed by atoms with Crippen molar-refractivity contribution in [1.82, 2.24) is 10.6 Å². The topological polar surface area (TPSA) is 97.4 Å². The Morgan fingerprint density at radius 2 is 2.04 bits per heavy atom. The molecule has 24 heavy (non-hydrogen) atoms.